The van der Waals surface area contributed by atoms with E-state index >= 15 is 0 Å². The molecule has 6 heteroatoms. The van der Waals surface area contributed by atoms with Gasteiger partial charge in [-0.15, -0.1) is 0 Å². The molecular formula is C17H22ClN3O2. The predicted octanol–water partition coefficient (Wildman–Crippen LogP) is 2.00. The highest BCUT2D eigenvalue weighted by atomic mass is 35.5. The zero-order valence-corrected chi connectivity index (χ0v) is 14.0. The van der Waals surface area contributed by atoms with E-state index in [-0.39, 0.29) is 18.4 Å². The molecule has 1 aromatic rings. The van der Waals surface area contributed by atoms with Crippen molar-refractivity contribution in [1.29, 1.82) is 0 Å². The zero-order valence-electron chi connectivity index (χ0n) is 13.2. The Hall–Kier alpha value is -1.75. The average Bonchev–Trinajstić information content (AvgIpc) is 2.57. The molecular weight excluding hydrogens is 314 g/mol. The Morgan fingerprint density at radius 1 is 1.09 bits per heavy atom. The van der Waals surface area contributed by atoms with Gasteiger partial charge >= 0.3 is 0 Å². The van der Waals surface area contributed by atoms with Crippen molar-refractivity contribution >= 4 is 29.1 Å². The van der Waals surface area contributed by atoms with Gasteiger partial charge in [0, 0.05) is 49.9 Å². The molecule has 3 rings (SSSR count). The fraction of sp³-hybridized carbons (Fsp3) is 0.529. The molecule has 0 saturated carbocycles. The van der Waals surface area contributed by atoms with Crippen molar-refractivity contribution in [3.63, 3.8) is 0 Å². The second-order valence-corrected chi connectivity index (χ2v) is 6.56. The molecule has 2 aliphatic rings. The van der Waals surface area contributed by atoms with Crippen molar-refractivity contribution in [2.24, 2.45) is 0 Å². The molecule has 2 amide bonds. The quantitative estimate of drug-likeness (QED) is 0.848. The number of amides is 2. The summed E-state index contributed by atoms with van der Waals surface area (Å²) in [6, 6.07) is 7.79. The van der Waals surface area contributed by atoms with Gasteiger partial charge in [0.2, 0.25) is 11.8 Å². The summed E-state index contributed by atoms with van der Waals surface area (Å²) in [6.07, 6.45) is 2.53. The maximum absolute atomic E-state index is 12.4. The Morgan fingerprint density at radius 3 is 2.57 bits per heavy atom. The number of piperazine rings is 1. The maximum atomic E-state index is 12.4. The molecule has 0 aromatic heterocycles. The molecule has 2 saturated heterocycles. The number of rotatable bonds is 3. The smallest absolute Gasteiger partial charge is 0.242 e. The SMILES string of the molecule is O=C(CN1CCCCC1=O)N1CCN(c2cccc(Cl)c2)CC1. The van der Waals surface area contributed by atoms with E-state index in [9.17, 15) is 9.59 Å². The van der Waals surface area contributed by atoms with Crippen LogP contribution in [-0.4, -0.2) is 60.9 Å². The second-order valence-electron chi connectivity index (χ2n) is 6.12. The Bertz CT molecular complexity index is 585. The first-order chi connectivity index (χ1) is 11.1. The zero-order chi connectivity index (χ0) is 16.2. The minimum atomic E-state index is 0.0611. The van der Waals surface area contributed by atoms with Crippen LogP contribution in [0.25, 0.3) is 0 Å². The molecule has 1 aromatic carbocycles. The van der Waals surface area contributed by atoms with Crippen molar-refractivity contribution in [1.82, 2.24) is 9.80 Å². The molecule has 0 spiro atoms. The number of hydrogen-bond donors (Lipinski definition) is 0. The summed E-state index contributed by atoms with van der Waals surface area (Å²) in [5, 5.41) is 0.726. The van der Waals surface area contributed by atoms with Gasteiger partial charge in [0.05, 0.1) is 6.54 Å². The van der Waals surface area contributed by atoms with Crippen LogP contribution in [0.3, 0.4) is 0 Å². The summed E-state index contributed by atoms with van der Waals surface area (Å²) in [5.74, 6) is 0.174. The largest absolute Gasteiger partial charge is 0.368 e. The van der Waals surface area contributed by atoms with Crippen LogP contribution in [0.15, 0.2) is 24.3 Å². The lowest BCUT2D eigenvalue weighted by atomic mass is 10.1. The molecule has 2 aliphatic heterocycles. The number of hydrogen-bond acceptors (Lipinski definition) is 3. The monoisotopic (exact) mass is 335 g/mol. The van der Waals surface area contributed by atoms with Crippen LogP contribution < -0.4 is 4.90 Å². The van der Waals surface area contributed by atoms with Crippen molar-refractivity contribution in [3.05, 3.63) is 29.3 Å². The molecule has 0 atom stereocenters. The Labute approximate surface area is 141 Å². The van der Waals surface area contributed by atoms with Gasteiger partial charge in [-0.25, -0.2) is 0 Å². The molecule has 23 heavy (non-hydrogen) atoms. The van der Waals surface area contributed by atoms with Crippen LogP contribution in [-0.2, 0) is 9.59 Å². The summed E-state index contributed by atoms with van der Waals surface area (Å²) < 4.78 is 0. The van der Waals surface area contributed by atoms with E-state index in [4.69, 9.17) is 11.6 Å². The molecule has 0 N–H and O–H groups in total. The third-order valence-corrected chi connectivity index (χ3v) is 4.79. The van der Waals surface area contributed by atoms with Crippen molar-refractivity contribution in [3.8, 4) is 0 Å². The van der Waals surface area contributed by atoms with Crippen LogP contribution in [0, 0.1) is 0 Å². The van der Waals surface area contributed by atoms with Gasteiger partial charge in [-0.1, -0.05) is 17.7 Å². The van der Waals surface area contributed by atoms with E-state index in [0.29, 0.717) is 26.1 Å². The maximum Gasteiger partial charge on any atom is 0.242 e. The third-order valence-electron chi connectivity index (χ3n) is 4.55. The molecule has 2 heterocycles. The molecule has 0 unspecified atom stereocenters. The van der Waals surface area contributed by atoms with E-state index < -0.39 is 0 Å². The highest BCUT2D eigenvalue weighted by molar-refractivity contribution is 6.30. The van der Waals surface area contributed by atoms with Crippen LogP contribution in [0.5, 0.6) is 0 Å². The minimum absolute atomic E-state index is 0.0611. The van der Waals surface area contributed by atoms with Gasteiger partial charge in [-0.3, -0.25) is 9.59 Å². The standard InChI is InChI=1S/C17H22ClN3O2/c18-14-4-3-5-15(12-14)19-8-10-20(11-9-19)17(23)13-21-7-2-1-6-16(21)22/h3-5,12H,1-2,6-11,13H2. The lowest BCUT2D eigenvalue weighted by molar-refractivity contribution is -0.142. The lowest BCUT2D eigenvalue weighted by Crippen LogP contribution is -2.52. The van der Waals surface area contributed by atoms with Crippen molar-refractivity contribution in [2.45, 2.75) is 19.3 Å². The Balaban J connectivity index is 1.52. The molecule has 0 aliphatic carbocycles. The summed E-state index contributed by atoms with van der Waals surface area (Å²) in [6.45, 7) is 3.91. The first-order valence-corrected chi connectivity index (χ1v) is 8.57. The van der Waals surface area contributed by atoms with Gasteiger partial charge in [0.15, 0.2) is 0 Å². The Kier molecular flexibility index (Phi) is 5.06. The van der Waals surface area contributed by atoms with E-state index in [0.717, 1.165) is 36.6 Å². The Morgan fingerprint density at radius 2 is 1.87 bits per heavy atom. The molecule has 0 radical (unpaired) electrons. The lowest BCUT2D eigenvalue weighted by Gasteiger charge is -2.37. The van der Waals surface area contributed by atoms with E-state index in [2.05, 4.69) is 4.90 Å². The molecule has 2 fully saturated rings. The number of benzene rings is 1. The third kappa shape index (κ3) is 3.96. The van der Waals surface area contributed by atoms with Crippen molar-refractivity contribution in [2.75, 3.05) is 44.2 Å². The topological polar surface area (TPSA) is 43.9 Å². The number of carbonyl (C=O) groups excluding carboxylic acids is 2. The van der Waals surface area contributed by atoms with Crippen LogP contribution in [0.1, 0.15) is 19.3 Å². The van der Waals surface area contributed by atoms with Gasteiger partial charge in [0.25, 0.3) is 0 Å². The predicted molar refractivity (Wildman–Crippen MR) is 90.7 cm³/mol. The van der Waals surface area contributed by atoms with Crippen LogP contribution in [0.4, 0.5) is 5.69 Å². The molecule has 5 nitrogen and oxygen atoms in total. The normalized spacial score (nSPS) is 19.2. The van der Waals surface area contributed by atoms with Gasteiger partial charge < -0.3 is 14.7 Å². The molecule has 0 bridgehead atoms. The summed E-state index contributed by atoms with van der Waals surface area (Å²) >= 11 is 6.04. The van der Waals surface area contributed by atoms with Gasteiger partial charge in [-0.05, 0) is 31.0 Å². The summed E-state index contributed by atoms with van der Waals surface area (Å²) in [7, 11) is 0. The number of anilines is 1. The van der Waals surface area contributed by atoms with Crippen LogP contribution >= 0.6 is 11.6 Å². The second kappa shape index (κ2) is 7.21. The van der Waals surface area contributed by atoms with Crippen LogP contribution in [0.2, 0.25) is 5.02 Å². The van der Waals surface area contributed by atoms with E-state index in [1.165, 1.54) is 0 Å². The minimum Gasteiger partial charge on any atom is -0.368 e. The van der Waals surface area contributed by atoms with Gasteiger partial charge in [-0.2, -0.15) is 0 Å². The highest BCUT2D eigenvalue weighted by Crippen LogP contribution is 2.21. The number of nitrogens with zero attached hydrogens (tertiary/aromatic N) is 3. The number of piperidine rings is 1. The number of halogens is 1. The first-order valence-electron chi connectivity index (χ1n) is 8.19. The fourth-order valence-electron chi connectivity index (χ4n) is 3.18. The fourth-order valence-corrected chi connectivity index (χ4v) is 3.36. The van der Waals surface area contributed by atoms with Crippen molar-refractivity contribution < 1.29 is 9.59 Å². The average molecular weight is 336 g/mol. The van der Waals surface area contributed by atoms with Gasteiger partial charge in [0.1, 0.15) is 0 Å². The number of carbonyl (C=O) groups is 2. The number of likely N-dealkylation sites (tertiary alicyclic amines) is 1. The highest BCUT2D eigenvalue weighted by Gasteiger charge is 2.26. The van der Waals surface area contributed by atoms with E-state index in [1.807, 2.05) is 29.2 Å². The first kappa shape index (κ1) is 16.1. The summed E-state index contributed by atoms with van der Waals surface area (Å²) in [5.41, 5.74) is 1.09. The van der Waals surface area contributed by atoms with E-state index in [1.54, 1.807) is 4.90 Å². The summed E-state index contributed by atoms with van der Waals surface area (Å²) in [4.78, 5) is 30.0. The molecule has 124 valence electrons.